The molecule has 182 valence electrons. The van der Waals surface area contributed by atoms with Crippen LogP contribution < -0.4 is 0 Å². The summed E-state index contributed by atoms with van der Waals surface area (Å²) in [6, 6.07) is 0. The molecule has 2 nitrogen and oxygen atoms in total. The van der Waals surface area contributed by atoms with Crippen LogP contribution in [0.4, 0.5) is 0 Å². The van der Waals surface area contributed by atoms with Crippen LogP contribution in [0.15, 0.2) is 0 Å². The summed E-state index contributed by atoms with van der Waals surface area (Å²) < 4.78 is 0. The van der Waals surface area contributed by atoms with Crippen LogP contribution in [0.2, 0.25) is 0 Å². The summed E-state index contributed by atoms with van der Waals surface area (Å²) in [7, 11) is 0. The van der Waals surface area contributed by atoms with Gasteiger partial charge in [0.05, 0.1) is 5.92 Å². The number of hydrogen-bond acceptors (Lipinski definition) is 2. The Kier molecular flexibility index (Phi) is 7.02. The summed E-state index contributed by atoms with van der Waals surface area (Å²) >= 11 is 0. The van der Waals surface area contributed by atoms with Gasteiger partial charge < -0.3 is 4.79 Å². The molecule has 0 spiro atoms. The fourth-order valence-corrected chi connectivity index (χ4v) is 9.96. The highest BCUT2D eigenvalue weighted by Gasteiger charge is 2.63. The molecule has 4 fully saturated rings. The zero-order valence-electron chi connectivity index (χ0n) is 21.9. The van der Waals surface area contributed by atoms with Crippen molar-refractivity contribution in [1.82, 2.24) is 0 Å². The molecule has 0 heterocycles. The van der Waals surface area contributed by atoms with Crippen LogP contribution in [0.5, 0.6) is 0 Å². The van der Waals surface area contributed by atoms with Crippen molar-refractivity contribution in [2.75, 3.05) is 0 Å². The van der Waals surface area contributed by atoms with Crippen LogP contribution in [-0.2, 0) is 9.59 Å². The molecule has 4 aliphatic rings. The third-order valence-electron chi connectivity index (χ3n) is 12.0. The summed E-state index contributed by atoms with van der Waals surface area (Å²) in [6.07, 6.45) is 14.8. The van der Waals surface area contributed by atoms with Gasteiger partial charge in [0.15, 0.2) is 0 Å². The summed E-state index contributed by atoms with van der Waals surface area (Å²) in [5.74, 6) is 5.87. The lowest BCUT2D eigenvalue weighted by molar-refractivity contribution is -0.162. The van der Waals surface area contributed by atoms with E-state index in [2.05, 4.69) is 41.5 Å². The van der Waals surface area contributed by atoms with Crippen LogP contribution in [-0.4, -0.2) is 12.1 Å². The number of hydrogen-bond donors (Lipinski definition) is 0. The molecule has 0 amide bonds. The van der Waals surface area contributed by atoms with Gasteiger partial charge in [0, 0.05) is 5.41 Å². The Morgan fingerprint density at radius 3 is 2.31 bits per heavy atom. The van der Waals surface area contributed by atoms with Gasteiger partial charge in [-0.25, -0.2) is 0 Å². The summed E-state index contributed by atoms with van der Waals surface area (Å²) in [5.41, 5.74) is 0.231. The molecule has 4 aliphatic carbocycles. The minimum atomic E-state index is -0.327. The maximum atomic E-state index is 13.5. The van der Waals surface area contributed by atoms with E-state index in [1.807, 2.05) is 0 Å². The van der Waals surface area contributed by atoms with Gasteiger partial charge in [0.1, 0.15) is 12.1 Å². The molecule has 0 saturated heterocycles. The van der Waals surface area contributed by atoms with E-state index in [-0.39, 0.29) is 11.3 Å². The Bertz CT molecular complexity index is 697. The molecule has 4 saturated carbocycles. The van der Waals surface area contributed by atoms with Gasteiger partial charge in [-0.05, 0) is 111 Å². The van der Waals surface area contributed by atoms with Gasteiger partial charge in [0.25, 0.3) is 0 Å². The van der Waals surface area contributed by atoms with Crippen molar-refractivity contribution in [3.63, 3.8) is 0 Å². The van der Waals surface area contributed by atoms with Crippen LogP contribution in [0.1, 0.15) is 112 Å². The highest BCUT2D eigenvalue weighted by Crippen LogP contribution is 2.68. The van der Waals surface area contributed by atoms with Crippen molar-refractivity contribution in [2.45, 2.75) is 112 Å². The van der Waals surface area contributed by atoms with Crippen molar-refractivity contribution < 1.29 is 9.59 Å². The Hall–Kier alpha value is -0.660. The average molecular weight is 443 g/mol. The first-order valence-corrected chi connectivity index (χ1v) is 14.2. The quantitative estimate of drug-likeness (QED) is 0.298. The zero-order valence-corrected chi connectivity index (χ0v) is 21.9. The molecule has 0 aromatic carbocycles. The van der Waals surface area contributed by atoms with Gasteiger partial charge in [-0.15, -0.1) is 0 Å². The van der Waals surface area contributed by atoms with Gasteiger partial charge in [0.2, 0.25) is 0 Å². The predicted octanol–water partition coefficient (Wildman–Crippen LogP) is 7.74. The largest absolute Gasteiger partial charge is 0.303 e. The van der Waals surface area contributed by atoms with Crippen LogP contribution in [0.25, 0.3) is 0 Å². The summed E-state index contributed by atoms with van der Waals surface area (Å²) in [5, 5.41) is 0. The van der Waals surface area contributed by atoms with E-state index in [0.717, 1.165) is 48.7 Å². The Morgan fingerprint density at radius 1 is 0.938 bits per heavy atom. The van der Waals surface area contributed by atoms with Crippen molar-refractivity contribution in [1.29, 1.82) is 0 Å². The van der Waals surface area contributed by atoms with Crippen molar-refractivity contribution in [3.8, 4) is 0 Å². The molecule has 0 aromatic heterocycles. The molecular weight excluding hydrogens is 392 g/mol. The lowest BCUT2D eigenvalue weighted by Crippen LogP contribution is -2.58. The zero-order chi connectivity index (χ0) is 23.3. The molecular formula is C30H50O2. The Labute approximate surface area is 198 Å². The fraction of sp³-hybridized carbons (Fsp3) is 0.933. The first-order chi connectivity index (χ1) is 15.2. The van der Waals surface area contributed by atoms with E-state index in [1.54, 1.807) is 0 Å². The van der Waals surface area contributed by atoms with E-state index in [1.165, 1.54) is 57.8 Å². The second kappa shape index (κ2) is 9.18. The lowest BCUT2D eigenvalue weighted by atomic mass is 9.43. The van der Waals surface area contributed by atoms with Crippen LogP contribution in [0, 0.1) is 64.1 Å². The van der Waals surface area contributed by atoms with Gasteiger partial charge in [-0.3, -0.25) is 4.79 Å². The number of rotatable bonds is 7. The van der Waals surface area contributed by atoms with Gasteiger partial charge in [-0.1, -0.05) is 54.4 Å². The smallest absolute Gasteiger partial charge is 0.149 e. The average Bonchev–Trinajstić information content (AvgIpc) is 3.12. The molecule has 32 heavy (non-hydrogen) atoms. The maximum Gasteiger partial charge on any atom is 0.149 e. The van der Waals surface area contributed by atoms with Crippen LogP contribution in [0.3, 0.4) is 0 Å². The summed E-state index contributed by atoms with van der Waals surface area (Å²) in [4.78, 5) is 25.2. The van der Waals surface area contributed by atoms with Gasteiger partial charge in [-0.2, -0.15) is 0 Å². The normalized spacial score (nSPS) is 45.7. The van der Waals surface area contributed by atoms with Crippen molar-refractivity contribution in [2.24, 2.45) is 64.1 Å². The molecule has 2 heteroatoms. The first kappa shape index (κ1) is 24.5. The van der Waals surface area contributed by atoms with Gasteiger partial charge >= 0.3 is 0 Å². The maximum absolute atomic E-state index is 13.5. The second-order valence-electron chi connectivity index (χ2n) is 13.3. The minimum Gasteiger partial charge on any atom is -0.303 e. The second-order valence-corrected chi connectivity index (χ2v) is 13.3. The van der Waals surface area contributed by atoms with E-state index in [4.69, 9.17) is 0 Å². The molecule has 0 radical (unpaired) electrons. The highest BCUT2D eigenvalue weighted by atomic mass is 16.1. The van der Waals surface area contributed by atoms with E-state index < -0.39 is 0 Å². The number of carbonyl (C=O) groups excluding carboxylic acids is 2. The number of carbonyl (C=O) groups is 2. The van der Waals surface area contributed by atoms with E-state index in [9.17, 15) is 9.59 Å². The number of Topliss-reactive ketones (excluding diaryl/α,β-unsaturated/α-hetero) is 1. The van der Waals surface area contributed by atoms with Crippen LogP contribution >= 0.6 is 0 Å². The number of ketones is 1. The van der Waals surface area contributed by atoms with Crippen molar-refractivity contribution >= 4 is 12.1 Å². The predicted molar refractivity (Wildman–Crippen MR) is 132 cm³/mol. The third-order valence-corrected chi connectivity index (χ3v) is 12.0. The first-order valence-electron chi connectivity index (χ1n) is 14.2. The van der Waals surface area contributed by atoms with E-state index >= 15 is 0 Å². The number of fused-ring (bicyclic) bond motifs is 5. The molecule has 0 aromatic rings. The standard InChI is InChI=1S/C30H50O2/c1-7-21(19(2)3)9-8-20(4)25-14-15-26-24-13-12-23-11-10-22(18-31)28(32)30(23,6)27(24)16-17-29(25,26)5/h18-27H,7-17H2,1-6H3/t20-,21-,22?,23?,24-,25-,26+,27+,29-,30+/m1/s1. The fourth-order valence-electron chi connectivity index (χ4n) is 9.96. The van der Waals surface area contributed by atoms with E-state index in [0.29, 0.717) is 29.0 Å². The molecule has 2 unspecified atom stereocenters. The highest BCUT2D eigenvalue weighted by molar-refractivity contribution is 5.98. The number of aldehydes is 1. The Balaban J connectivity index is 1.50. The molecule has 0 bridgehead atoms. The molecule has 10 atom stereocenters. The SMILES string of the molecule is CC[C@H](CC[C@@H](C)[C@H]1CC[C@H]2[C@H]3CCC4CCC(C=O)C(=O)[C@]4(C)[C@H]3CC[C@]12C)C(C)C. The summed E-state index contributed by atoms with van der Waals surface area (Å²) in [6.45, 7) is 14.6. The van der Waals surface area contributed by atoms with Crippen molar-refractivity contribution in [3.05, 3.63) is 0 Å². The molecule has 0 aliphatic heterocycles. The lowest BCUT2D eigenvalue weighted by Gasteiger charge is -2.60. The molecule has 4 rings (SSSR count). The monoisotopic (exact) mass is 442 g/mol. The third kappa shape index (κ3) is 3.74. The minimum absolute atomic E-state index is 0.233. The topological polar surface area (TPSA) is 34.1 Å². The Morgan fingerprint density at radius 2 is 1.66 bits per heavy atom. The molecule has 0 N–H and O–H groups in total.